The Kier molecular flexibility index (Phi) is 4.59. The fourth-order valence-corrected chi connectivity index (χ4v) is 3.95. The fraction of sp³-hybridized carbons (Fsp3) is 0.462. The Labute approximate surface area is 125 Å². The molecule has 1 unspecified atom stereocenters. The van der Waals surface area contributed by atoms with Crippen LogP contribution in [0, 0.1) is 13.8 Å². The summed E-state index contributed by atoms with van der Waals surface area (Å²) < 4.78 is 1.16. The molecule has 0 bridgehead atoms. The van der Waals surface area contributed by atoms with Crippen molar-refractivity contribution >= 4 is 38.6 Å². The minimum atomic E-state index is 0.199. The van der Waals surface area contributed by atoms with Crippen molar-refractivity contribution in [2.24, 2.45) is 0 Å². The molecule has 2 rings (SSSR count). The van der Waals surface area contributed by atoms with Crippen LogP contribution in [0.3, 0.4) is 0 Å². The van der Waals surface area contributed by atoms with Crippen molar-refractivity contribution in [2.45, 2.75) is 39.8 Å². The van der Waals surface area contributed by atoms with Gasteiger partial charge in [0.1, 0.15) is 5.01 Å². The highest BCUT2D eigenvalue weighted by atomic mass is 79.9. The van der Waals surface area contributed by atoms with Crippen LogP contribution in [0.1, 0.15) is 41.0 Å². The second-order valence-corrected chi connectivity index (χ2v) is 8.16. The number of hydrogen-bond donors (Lipinski definition) is 1. The van der Waals surface area contributed by atoms with Crippen molar-refractivity contribution in [1.29, 1.82) is 0 Å². The summed E-state index contributed by atoms with van der Waals surface area (Å²) in [7, 11) is 0. The minimum Gasteiger partial charge on any atom is -0.302 e. The maximum absolute atomic E-state index is 4.69. The lowest BCUT2D eigenvalue weighted by Crippen LogP contribution is -2.28. The third-order valence-corrected chi connectivity index (χ3v) is 5.37. The Morgan fingerprint density at radius 3 is 2.50 bits per heavy atom. The highest BCUT2D eigenvalue weighted by molar-refractivity contribution is 9.11. The van der Waals surface area contributed by atoms with Gasteiger partial charge in [-0.25, -0.2) is 4.98 Å². The van der Waals surface area contributed by atoms with E-state index in [0.717, 1.165) is 14.5 Å². The maximum atomic E-state index is 4.69. The molecule has 2 nitrogen and oxygen atoms in total. The molecular formula is C13H17BrN2S2. The Hall–Kier alpha value is -0.230. The molecule has 0 saturated heterocycles. The van der Waals surface area contributed by atoms with Crippen molar-refractivity contribution < 1.29 is 0 Å². The zero-order valence-corrected chi connectivity index (χ0v) is 14.2. The molecule has 2 heterocycles. The summed E-state index contributed by atoms with van der Waals surface area (Å²) in [5.74, 6) is 0. The number of nitrogens with zero attached hydrogens (tertiary/aromatic N) is 1. The quantitative estimate of drug-likeness (QED) is 0.871. The third-order valence-electron chi connectivity index (χ3n) is 2.71. The third kappa shape index (κ3) is 3.20. The molecule has 0 amide bonds. The van der Waals surface area contributed by atoms with Gasteiger partial charge in [-0.15, -0.1) is 22.7 Å². The monoisotopic (exact) mass is 344 g/mol. The van der Waals surface area contributed by atoms with Crippen LogP contribution >= 0.6 is 38.6 Å². The second kappa shape index (κ2) is 5.82. The number of thiophene rings is 1. The molecule has 0 aliphatic rings. The first kappa shape index (κ1) is 14.2. The smallest absolute Gasteiger partial charge is 0.115 e. The standard InChI is InChI=1S/C13H17BrN2S2/c1-7(2)15-12(10-5-11(14)17-6-10)13-16-8(3)9(4)18-13/h5-7,12,15H,1-4H3. The second-order valence-electron chi connectivity index (χ2n) is 4.63. The topological polar surface area (TPSA) is 24.9 Å². The zero-order chi connectivity index (χ0) is 13.3. The number of aromatic nitrogens is 1. The normalized spacial score (nSPS) is 13.2. The van der Waals surface area contributed by atoms with E-state index in [4.69, 9.17) is 4.98 Å². The Morgan fingerprint density at radius 2 is 2.06 bits per heavy atom. The number of aryl methyl sites for hydroxylation is 2. The van der Waals surface area contributed by atoms with E-state index in [9.17, 15) is 0 Å². The molecule has 0 radical (unpaired) electrons. The van der Waals surface area contributed by atoms with Crippen LogP contribution in [-0.2, 0) is 0 Å². The fourth-order valence-electron chi connectivity index (χ4n) is 1.74. The molecule has 1 atom stereocenters. The molecule has 0 spiro atoms. The lowest BCUT2D eigenvalue weighted by atomic mass is 10.1. The average Bonchev–Trinajstić information content (AvgIpc) is 2.83. The summed E-state index contributed by atoms with van der Waals surface area (Å²) in [6, 6.07) is 2.81. The number of thiazole rings is 1. The molecule has 0 aromatic carbocycles. The van der Waals surface area contributed by atoms with Crippen LogP contribution in [0.25, 0.3) is 0 Å². The van der Waals surface area contributed by atoms with Crippen LogP contribution < -0.4 is 5.32 Å². The van der Waals surface area contributed by atoms with Gasteiger partial charge in [-0.05, 0) is 60.6 Å². The van der Waals surface area contributed by atoms with Crippen molar-refractivity contribution in [1.82, 2.24) is 10.3 Å². The highest BCUT2D eigenvalue weighted by Gasteiger charge is 2.20. The van der Waals surface area contributed by atoms with Gasteiger partial charge < -0.3 is 5.32 Å². The van der Waals surface area contributed by atoms with Gasteiger partial charge in [0.05, 0.1) is 15.5 Å². The Morgan fingerprint density at radius 1 is 1.33 bits per heavy atom. The van der Waals surface area contributed by atoms with Crippen LogP contribution in [-0.4, -0.2) is 11.0 Å². The summed E-state index contributed by atoms with van der Waals surface area (Å²) >= 11 is 7.04. The van der Waals surface area contributed by atoms with Gasteiger partial charge in [0.15, 0.2) is 0 Å². The molecule has 2 aromatic rings. The summed E-state index contributed by atoms with van der Waals surface area (Å²) in [5, 5.41) is 6.95. The highest BCUT2D eigenvalue weighted by Crippen LogP contribution is 2.32. The van der Waals surface area contributed by atoms with Gasteiger partial charge >= 0.3 is 0 Å². The molecule has 1 N–H and O–H groups in total. The van der Waals surface area contributed by atoms with Gasteiger partial charge in [0.25, 0.3) is 0 Å². The molecular weight excluding hydrogens is 328 g/mol. The molecule has 2 aromatic heterocycles. The van der Waals surface area contributed by atoms with E-state index in [2.05, 4.69) is 60.4 Å². The number of halogens is 1. The Balaban J connectivity index is 2.36. The van der Waals surface area contributed by atoms with Crippen LogP contribution in [0.5, 0.6) is 0 Å². The first-order chi connectivity index (χ1) is 8.47. The molecule has 0 saturated carbocycles. The van der Waals surface area contributed by atoms with E-state index in [-0.39, 0.29) is 6.04 Å². The molecule has 18 heavy (non-hydrogen) atoms. The molecule has 5 heteroatoms. The van der Waals surface area contributed by atoms with E-state index >= 15 is 0 Å². The van der Waals surface area contributed by atoms with E-state index in [1.165, 1.54) is 10.4 Å². The van der Waals surface area contributed by atoms with Gasteiger partial charge in [-0.1, -0.05) is 0 Å². The van der Waals surface area contributed by atoms with Crippen LogP contribution in [0.2, 0.25) is 0 Å². The predicted molar refractivity (Wildman–Crippen MR) is 83.7 cm³/mol. The van der Waals surface area contributed by atoms with Crippen molar-refractivity contribution in [3.63, 3.8) is 0 Å². The molecule has 0 aliphatic carbocycles. The van der Waals surface area contributed by atoms with Crippen molar-refractivity contribution in [2.75, 3.05) is 0 Å². The number of rotatable bonds is 4. The van der Waals surface area contributed by atoms with Crippen molar-refractivity contribution in [3.05, 3.63) is 36.4 Å². The molecule has 0 aliphatic heterocycles. The maximum Gasteiger partial charge on any atom is 0.115 e. The van der Waals surface area contributed by atoms with Crippen LogP contribution in [0.4, 0.5) is 0 Å². The van der Waals surface area contributed by atoms with Gasteiger partial charge in [-0.2, -0.15) is 0 Å². The van der Waals surface area contributed by atoms with Crippen molar-refractivity contribution in [3.8, 4) is 0 Å². The van der Waals surface area contributed by atoms with Crippen LogP contribution in [0.15, 0.2) is 15.2 Å². The lowest BCUT2D eigenvalue weighted by molar-refractivity contribution is 0.527. The summed E-state index contributed by atoms with van der Waals surface area (Å²) in [6.45, 7) is 8.54. The number of nitrogens with one attached hydrogen (secondary N) is 1. The largest absolute Gasteiger partial charge is 0.302 e. The average molecular weight is 345 g/mol. The molecule has 98 valence electrons. The van der Waals surface area contributed by atoms with Gasteiger partial charge in [0.2, 0.25) is 0 Å². The Bertz CT molecular complexity index is 511. The first-order valence-electron chi connectivity index (χ1n) is 5.91. The minimum absolute atomic E-state index is 0.199. The van der Waals surface area contributed by atoms with Gasteiger partial charge in [-0.3, -0.25) is 0 Å². The van der Waals surface area contributed by atoms with Gasteiger partial charge in [0, 0.05) is 10.9 Å². The molecule has 0 fully saturated rings. The summed E-state index contributed by atoms with van der Waals surface area (Å²) in [6.07, 6.45) is 0. The van der Waals surface area contributed by atoms with E-state index in [1.807, 2.05) is 0 Å². The first-order valence-corrected chi connectivity index (χ1v) is 8.40. The zero-order valence-electron chi connectivity index (χ0n) is 11.0. The van der Waals surface area contributed by atoms with E-state index in [1.54, 1.807) is 22.7 Å². The number of hydrogen-bond acceptors (Lipinski definition) is 4. The predicted octanol–water partition coefficient (Wildman–Crippen LogP) is 4.67. The summed E-state index contributed by atoms with van der Waals surface area (Å²) in [5.41, 5.74) is 2.43. The SMILES string of the molecule is Cc1nc(C(NC(C)C)c2csc(Br)c2)sc1C. The van der Waals surface area contributed by atoms with E-state index < -0.39 is 0 Å². The van der Waals surface area contributed by atoms with E-state index in [0.29, 0.717) is 6.04 Å². The lowest BCUT2D eigenvalue weighted by Gasteiger charge is -2.18. The summed E-state index contributed by atoms with van der Waals surface area (Å²) in [4.78, 5) is 6.00.